The predicted octanol–water partition coefficient (Wildman–Crippen LogP) is 1.04. The highest BCUT2D eigenvalue weighted by atomic mass is 16.5. The summed E-state index contributed by atoms with van der Waals surface area (Å²) in [5, 5.41) is 0. The molecule has 0 amide bonds. The molecule has 3 rings (SSSR count). The standard InChI is InChI=1S/C12H19N3O/c1-10-5-15-4-3-14(6-11(15)13-10)7-12(2)8-16-9-12/h5H,3-4,6-9H2,1-2H3. The Bertz CT molecular complexity index is 395. The van der Waals surface area contributed by atoms with E-state index in [9.17, 15) is 0 Å². The van der Waals surface area contributed by atoms with Crippen LogP contribution in [-0.4, -0.2) is 40.8 Å². The van der Waals surface area contributed by atoms with E-state index in [0.29, 0.717) is 5.41 Å². The average molecular weight is 221 g/mol. The second kappa shape index (κ2) is 3.57. The lowest BCUT2D eigenvalue weighted by molar-refractivity contribution is -0.117. The molecule has 0 radical (unpaired) electrons. The summed E-state index contributed by atoms with van der Waals surface area (Å²) in [5.74, 6) is 1.22. The summed E-state index contributed by atoms with van der Waals surface area (Å²) >= 11 is 0. The Kier molecular flexibility index (Phi) is 2.30. The molecule has 2 aliphatic rings. The fourth-order valence-electron chi connectivity index (χ4n) is 2.66. The Hall–Kier alpha value is -0.870. The largest absolute Gasteiger partial charge is 0.380 e. The minimum absolute atomic E-state index is 0.379. The summed E-state index contributed by atoms with van der Waals surface area (Å²) in [4.78, 5) is 7.07. The molecule has 0 N–H and O–H groups in total. The molecule has 1 aromatic heterocycles. The quantitative estimate of drug-likeness (QED) is 0.747. The molecule has 3 heterocycles. The zero-order chi connectivity index (χ0) is 11.2. The van der Waals surface area contributed by atoms with Crippen LogP contribution in [0.4, 0.5) is 0 Å². The Balaban J connectivity index is 1.68. The summed E-state index contributed by atoms with van der Waals surface area (Å²) < 4.78 is 7.59. The SMILES string of the molecule is Cc1cn2c(n1)CN(CC1(C)COC1)CC2. The van der Waals surface area contributed by atoms with Gasteiger partial charge in [-0.05, 0) is 6.92 Å². The van der Waals surface area contributed by atoms with Crippen molar-refractivity contribution >= 4 is 0 Å². The van der Waals surface area contributed by atoms with E-state index >= 15 is 0 Å². The summed E-state index contributed by atoms with van der Waals surface area (Å²) in [6.45, 7) is 10.5. The van der Waals surface area contributed by atoms with E-state index in [1.54, 1.807) is 0 Å². The van der Waals surface area contributed by atoms with Crippen LogP contribution in [0.2, 0.25) is 0 Å². The zero-order valence-electron chi connectivity index (χ0n) is 10.1. The third-order valence-electron chi connectivity index (χ3n) is 3.51. The van der Waals surface area contributed by atoms with E-state index in [-0.39, 0.29) is 0 Å². The highest BCUT2D eigenvalue weighted by molar-refractivity contribution is 5.04. The molecule has 88 valence electrons. The first-order valence-electron chi connectivity index (χ1n) is 5.97. The molecule has 4 nitrogen and oxygen atoms in total. The molecule has 1 fully saturated rings. The van der Waals surface area contributed by atoms with Crippen LogP contribution >= 0.6 is 0 Å². The minimum atomic E-state index is 0.379. The maximum absolute atomic E-state index is 5.31. The molecule has 4 heteroatoms. The van der Waals surface area contributed by atoms with E-state index < -0.39 is 0 Å². The van der Waals surface area contributed by atoms with Crippen molar-refractivity contribution in [3.05, 3.63) is 17.7 Å². The van der Waals surface area contributed by atoms with Gasteiger partial charge in [-0.25, -0.2) is 4.98 Å². The van der Waals surface area contributed by atoms with Crippen LogP contribution in [-0.2, 0) is 17.8 Å². The Morgan fingerprint density at radius 2 is 2.25 bits per heavy atom. The molecule has 0 bridgehead atoms. The summed E-state index contributed by atoms with van der Waals surface area (Å²) in [6.07, 6.45) is 2.15. The van der Waals surface area contributed by atoms with Crippen LogP contribution in [0.5, 0.6) is 0 Å². The Labute approximate surface area is 96.2 Å². The van der Waals surface area contributed by atoms with E-state index in [1.807, 2.05) is 0 Å². The first-order valence-corrected chi connectivity index (χ1v) is 5.97. The van der Waals surface area contributed by atoms with Gasteiger partial charge in [0.1, 0.15) is 5.82 Å². The Morgan fingerprint density at radius 3 is 2.94 bits per heavy atom. The van der Waals surface area contributed by atoms with Crippen molar-refractivity contribution in [2.45, 2.75) is 26.9 Å². The second-order valence-corrected chi connectivity index (χ2v) is 5.51. The van der Waals surface area contributed by atoms with Gasteiger partial charge in [-0.2, -0.15) is 0 Å². The number of fused-ring (bicyclic) bond motifs is 1. The molecule has 1 saturated heterocycles. The molecule has 16 heavy (non-hydrogen) atoms. The monoisotopic (exact) mass is 221 g/mol. The van der Waals surface area contributed by atoms with Crippen molar-refractivity contribution in [3.8, 4) is 0 Å². The van der Waals surface area contributed by atoms with Crippen molar-refractivity contribution in [2.24, 2.45) is 5.41 Å². The van der Waals surface area contributed by atoms with Crippen molar-refractivity contribution in [2.75, 3.05) is 26.3 Å². The van der Waals surface area contributed by atoms with Crippen molar-refractivity contribution in [1.82, 2.24) is 14.5 Å². The number of nitrogens with zero attached hydrogens (tertiary/aromatic N) is 3. The molecule has 2 aliphatic heterocycles. The van der Waals surface area contributed by atoms with Gasteiger partial charge in [0.2, 0.25) is 0 Å². The lowest BCUT2D eigenvalue weighted by Crippen LogP contribution is -2.50. The average Bonchev–Trinajstić information content (AvgIpc) is 2.55. The van der Waals surface area contributed by atoms with E-state index in [0.717, 1.165) is 45.1 Å². The number of aryl methyl sites for hydroxylation is 1. The van der Waals surface area contributed by atoms with Crippen LogP contribution in [0, 0.1) is 12.3 Å². The van der Waals surface area contributed by atoms with Crippen LogP contribution in [0.25, 0.3) is 0 Å². The predicted molar refractivity (Wildman–Crippen MR) is 61.2 cm³/mol. The van der Waals surface area contributed by atoms with Gasteiger partial charge in [-0.1, -0.05) is 6.92 Å². The number of rotatable bonds is 2. The van der Waals surface area contributed by atoms with Crippen molar-refractivity contribution in [1.29, 1.82) is 0 Å². The molecule has 0 saturated carbocycles. The molecule has 0 spiro atoms. The van der Waals surface area contributed by atoms with Crippen LogP contribution < -0.4 is 0 Å². The highest BCUT2D eigenvalue weighted by Gasteiger charge is 2.36. The third-order valence-corrected chi connectivity index (χ3v) is 3.51. The lowest BCUT2D eigenvalue weighted by Gasteiger charge is -2.42. The highest BCUT2D eigenvalue weighted by Crippen LogP contribution is 2.28. The van der Waals surface area contributed by atoms with Crippen LogP contribution in [0.1, 0.15) is 18.4 Å². The fraction of sp³-hybridized carbons (Fsp3) is 0.750. The Morgan fingerprint density at radius 1 is 1.44 bits per heavy atom. The van der Waals surface area contributed by atoms with E-state index in [2.05, 4.69) is 34.5 Å². The number of hydrogen-bond donors (Lipinski definition) is 0. The number of ether oxygens (including phenoxy) is 1. The maximum atomic E-state index is 5.31. The first-order chi connectivity index (χ1) is 7.65. The van der Waals surface area contributed by atoms with E-state index in [4.69, 9.17) is 4.74 Å². The molecule has 0 unspecified atom stereocenters. The second-order valence-electron chi connectivity index (χ2n) is 5.51. The van der Waals surface area contributed by atoms with Gasteiger partial charge < -0.3 is 9.30 Å². The summed E-state index contributed by atoms with van der Waals surface area (Å²) in [7, 11) is 0. The number of imidazole rings is 1. The van der Waals surface area contributed by atoms with Crippen LogP contribution in [0.15, 0.2) is 6.20 Å². The topological polar surface area (TPSA) is 30.3 Å². The van der Waals surface area contributed by atoms with Gasteiger partial charge in [0.15, 0.2) is 0 Å². The fourth-order valence-corrected chi connectivity index (χ4v) is 2.66. The van der Waals surface area contributed by atoms with Gasteiger partial charge in [-0.15, -0.1) is 0 Å². The molecular formula is C12H19N3O. The van der Waals surface area contributed by atoms with Gasteiger partial charge in [-0.3, -0.25) is 4.90 Å². The maximum Gasteiger partial charge on any atom is 0.123 e. The molecule has 0 atom stereocenters. The smallest absolute Gasteiger partial charge is 0.123 e. The molecule has 1 aromatic rings. The molecule has 0 aliphatic carbocycles. The van der Waals surface area contributed by atoms with Gasteiger partial charge in [0, 0.05) is 31.2 Å². The normalized spacial score (nSPS) is 23.9. The number of aromatic nitrogens is 2. The van der Waals surface area contributed by atoms with Gasteiger partial charge in [0.25, 0.3) is 0 Å². The van der Waals surface area contributed by atoms with Crippen LogP contribution in [0.3, 0.4) is 0 Å². The van der Waals surface area contributed by atoms with Crippen molar-refractivity contribution in [3.63, 3.8) is 0 Å². The zero-order valence-corrected chi connectivity index (χ0v) is 10.1. The van der Waals surface area contributed by atoms with E-state index in [1.165, 1.54) is 5.82 Å². The molecular weight excluding hydrogens is 202 g/mol. The number of hydrogen-bond acceptors (Lipinski definition) is 3. The summed E-state index contributed by atoms with van der Waals surface area (Å²) in [6, 6.07) is 0. The lowest BCUT2D eigenvalue weighted by atomic mass is 9.88. The summed E-state index contributed by atoms with van der Waals surface area (Å²) in [5.41, 5.74) is 1.51. The minimum Gasteiger partial charge on any atom is -0.380 e. The molecule has 0 aromatic carbocycles. The van der Waals surface area contributed by atoms with Gasteiger partial charge >= 0.3 is 0 Å². The first kappa shape index (κ1) is 10.3. The van der Waals surface area contributed by atoms with Crippen molar-refractivity contribution < 1.29 is 4.74 Å². The third kappa shape index (κ3) is 1.76. The van der Waals surface area contributed by atoms with Gasteiger partial charge in [0.05, 0.1) is 25.5 Å².